The molecule has 4 nitrogen and oxygen atoms in total. The highest BCUT2D eigenvalue weighted by Crippen LogP contribution is 2.37. The second-order valence-corrected chi connectivity index (χ2v) is 7.27. The maximum atomic E-state index is 12.4. The zero-order valence-corrected chi connectivity index (χ0v) is 15.5. The van der Waals surface area contributed by atoms with E-state index in [1.807, 2.05) is 25.1 Å². The molecule has 0 bridgehead atoms. The molecule has 2 amide bonds. The number of hydrogen-bond donors (Lipinski definition) is 1. The van der Waals surface area contributed by atoms with Crippen LogP contribution in [0.3, 0.4) is 0 Å². The molecule has 0 saturated carbocycles. The van der Waals surface area contributed by atoms with Gasteiger partial charge in [0.25, 0.3) is 0 Å². The average molecular weight is 350 g/mol. The first-order chi connectivity index (χ1) is 12.4. The minimum atomic E-state index is -0.690. The lowest BCUT2D eigenvalue weighted by Gasteiger charge is -2.27. The number of aryl methyl sites for hydroxylation is 1. The number of carbonyl (C=O) groups is 2. The van der Waals surface area contributed by atoms with Gasteiger partial charge in [0.2, 0.25) is 11.8 Å². The highest BCUT2D eigenvalue weighted by Gasteiger charge is 2.44. The summed E-state index contributed by atoms with van der Waals surface area (Å²) in [5.74, 6) is -0.233. The number of amides is 2. The second kappa shape index (κ2) is 7.32. The lowest BCUT2D eigenvalue weighted by atomic mass is 9.78. The van der Waals surface area contributed by atoms with Crippen LogP contribution < -0.4 is 5.73 Å². The Morgan fingerprint density at radius 2 is 1.92 bits per heavy atom. The van der Waals surface area contributed by atoms with Crippen LogP contribution in [0.1, 0.15) is 30.9 Å². The summed E-state index contributed by atoms with van der Waals surface area (Å²) < 4.78 is 0. The van der Waals surface area contributed by atoms with Crippen LogP contribution in [0.5, 0.6) is 0 Å². The molecule has 0 aromatic heterocycles. The summed E-state index contributed by atoms with van der Waals surface area (Å²) in [6.07, 6.45) is 1.63. The minimum Gasteiger partial charge on any atom is -0.369 e. The number of nitrogens with two attached hydrogens (primary N) is 1. The molecule has 0 radical (unpaired) electrons. The third-order valence-corrected chi connectivity index (χ3v) is 5.41. The molecular weight excluding hydrogens is 324 g/mol. The van der Waals surface area contributed by atoms with Crippen molar-refractivity contribution < 1.29 is 9.59 Å². The van der Waals surface area contributed by atoms with E-state index < -0.39 is 5.41 Å². The molecule has 3 rings (SSSR count). The number of hydrogen-bond acceptors (Lipinski definition) is 2. The summed E-state index contributed by atoms with van der Waals surface area (Å²) >= 11 is 0. The van der Waals surface area contributed by atoms with Crippen molar-refractivity contribution in [3.8, 4) is 11.1 Å². The molecule has 1 heterocycles. The molecular formula is C22H26N2O2. The maximum Gasteiger partial charge on any atom is 0.225 e. The monoisotopic (exact) mass is 350 g/mol. The predicted octanol–water partition coefficient (Wildman–Crippen LogP) is 3.32. The van der Waals surface area contributed by atoms with Gasteiger partial charge in [-0.2, -0.15) is 0 Å². The average Bonchev–Trinajstić information content (AvgIpc) is 3.07. The number of likely N-dealkylation sites (tertiary alicyclic amines) is 1. The highest BCUT2D eigenvalue weighted by atomic mass is 16.2. The van der Waals surface area contributed by atoms with Crippen LogP contribution in [0.2, 0.25) is 0 Å². The van der Waals surface area contributed by atoms with Crippen molar-refractivity contribution in [2.45, 2.75) is 33.1 Å². The van der Waals surface area contributed by atoms with Gasteiger partial charge in [-0.3, -0.25) is 9.59 Å². The summed E-state index contributed by atoms with van der Waals surface area (Å²) in [4.78, 5) is 26.2. The van der Waals surface area contributed by atoms with Gasteiger partial charge in [-0.25, -0.2) is 0 Å². The molecule has 2 aromatic carbocycles. The molecule has 0 unspecified atom stereocenters. The molecule has 136 valence electrons. The van der Waals surface area contributed by atoms with Crippen molar-refractivity contribution in [2.24, 2.45) is 11.1 Å². The zero-order chi connectivity index (χ0) is 18.7. The topological polar surface area (TPSA) is 63.4 Å². The molecule has 0 spiro atoms. The van der Waals surface area contributed by atoms with E-state index in [9.17, 15) is 9.59 Å². The molecule has 1 saturated heterocycles. The van der Waals surface area contributed by atoms with E-state index in [0.717, 1.165) is 16.7 Å². The summed E-state index contributed by atoms with van der Waals surface area (Å²) in [5.41, 5.74) is 9.69. The molecule has 1 aliphatic heterocycles. The van der Waals surface area contributed by atoms with Gasteiger partial charge in [-0.15, -0.1) is 0 Å². The Morgan fingerprint density at radius 1 is 1.15 bits per heavy atom. The molecule has 1 atom stereocenters. The Kier molecular flexibility index (Phi) is 5.12. The Morgan fingerprint density at radius 3 is 2.62 bits per heavy atom. The van der Waals surface area contributed by atoms with Crippen LogP contribution in [0, 0.1) is 12.3 Å². The van der Waals surface area contributed by atoms with Crippen molar-refractivity contribution >= 4 is 11.8 Å². The molecule has 2 N–H and O–H groups in total. The number of primary amides is 1. The SMILES string of the molecule is CCC(=O)N1CC[C@@](Cc2ccccc2-c2cccc(C)c2)(C(N)=O)C1. The highest BCUT2D eigenvalue weighted by molar-refractivity contribution is 5.85. The maximum absolute atomic E-state index is 12.4. The van der Waals surface area contributed by atoms with Crippen molar-refractivity contribution in [3.63, 3.8) is 0 Å². The predicted molar refractivity (Wildman–Crippen MR) is 103 cm³/mol. The van der Waals surface area contributed by atoms with Crippen molar-refractivity contribution in [1.29, 1.82) is 0 Å². The fraction of sp³-hybridized carbons (Fsp3) is 0.364. The normalized spacial score (nSPS) is 19.5. The molecule has 4 heteroatoms. The van der Waals surface area contributed by atoms with E-state index in [1.165, 1.54) is 5.56 Å². The van der Waals surface area contributed by atoms with E-state index in [1.54, 1.807) is 4.90 Å². The summed E-state index contributed by atoms with van der Waals surface area (Å²) in [6.45, 7) is 4.93. The van der Waals surface area contributed by atoms with E-state index in [0.29, 0.717) is 32.4 Å². The third-order valence-electron chi connectivity index (χ3n) is 5.41. The zero-order valence-electron chi connectivity index (χ0n) is 15.5. The van der Waals surface area contributed by atoms with Crippen LogP contribution in [0.25, 0.3) is 11.1 Å². The first kappa shape index (κ1) is 18.2. The Labute approximate surface area is 155 Å². The number of nitrogens with zero attached hydrogens (tertiary/aromatic N) is 1. The molecule has 26 heavy (non-hydrogen) atoms. The smallest absolute Gasteiger partial charge is 0.225 e. The van der Waals surface area contributed by atoms with Gasteiger partial charge in [0.15, 0.2) is 0 Å². The number of carbonyl (C=O) groups excluding carboxylic acids is 2. The Hall–Kier alpha value is -2.62. The summed E-state index contributed by atoms with van der Waals surface area (Å²) in [6, 6.07) is 16.5. The first-order valence-electron chi connectivity index (χ1n) is 9.18. The Bertz CT molecular complexity index is 830. The van der Waals surface area contributed by atoms with Crippen LogP contribution in [0.15, 0.2) is 48.5 Å². The van der Waals surface area contributed by atoms with Crippen molar-refractivity contribution in [3.05, 3.63) is 59.7 Å². The van der Waals surface area contributed by atoms with Crippen LogP contribution >= 0.6 is 0 Å². The van der Waals surface area contributed by atoms with Gasteiger partial charge in [0, 0.05) is 19.5 Å². The minimum absolute atomic E-state index is 0.0834. The van der Waals surface area contributed by atoms with Crippen molar-refractivity contribution in [1.82, 2.24) is 4.90 Å². The fourth-order valence-corrected chi connectivity index (χ4v) is 3.87. The van der Waals surface area contributed by atoms with Gasteiger partial charge in [0.1, 0.15) is 0 Å². The molecule has 1 fully saturated rings. The molecule has 0 aliphatic carbocycles. The molecule has 1 aliphatic rings. The van der Waals surface area contributed by atoms with E-state index in [4.69, 9.17) is 5.73 Å². The fourth-order valence-electron chi connectivity index (χ4n) is 3.87. The third kappa shape index (κ3) is 3.50. The van der Waals surface area contributed by atoms with Crippen LogP contribution in [-0.2, 0) is 16.0 Å². The standard InChI is InChI=1S/C22H26N2O2/c1-3-20(25)24-12-11-22(15-24,21(23)26)14-18-8-4-5-10-19(18)17-9-6-7-16(2)13-17/h4-10,13H,3,11-12,14-15H2,1-2H3,(H2,23,26)/t22-/m0/s1. The van der Waals surface area contributed by atoms with Gasteiger partial charge < -0.3 is 10.6 Å². The van der Waals surface area contributed by atoms with E-state index >= 15 is 0 Å². The second-order valence-electron chi connectivity index (χ2n) is 7.27. The lowest BCUT2D eigenvalue weighted by molar-refractivity contribution is -0.131. The number of rotatable bonds is 5. The quantitative estimate of drug-likeness (QED) is 0.899. The molecule has 2 aromatic rings. The van der Waals surface area contributed by atoms with Gasteiger partial charge in [-0.1, -0.05) is 61.0 Å². The first-order valence-corrected chi connectivity index (χ1v) is 9.18. The van der Waals surface area contributed by atoms with E-state index in [-0.39, 0.29) is 11.8 Å². The van der Waals surface area contributed by atoms with Gasteiger partial charge in [-0.05, 0) is 36.5 Å². The van der Waals surface area contributed by atoms with Crippen molar-refractivity contribution in [2.75, 3.05) is 13.1 Å². The van der Waals surface area contributed by atoms with Crippen LogP contribution in [0.4, 0.5) is 0 Å². The summed E-state index contributed by atoms with van der Waals surface area (Å²) in [5, 5.41) is 0. The summed E-state index contributed by atoms with van der Waals surface area (Å²) in [7, 11) is 0. The number of benzene rings is 2. The largest absolute Gasteiger partial charge is 0.369 e. The van der Waals surface area contributed by atoms with Gasteiger partial charge in [0.05, 0.1) is 5.41 Å². The van der Waals surface area contributed by atoms with Gasteiger partial charge >= 0.3 is 0 Å². The van der Waals surface area contributed by atoms with Crippen LogP contribution in [-0.4, -0.2) is 29.8 Å². The Balaban J connectivity index is 1.95. The van der Waals surface area contributed by atoms with E-state index in [2.05, 4.69) is 37.3 Å². The lowest BCUT2D eigenvalue weighted by Crippen LogP contribution is -2.42.